The van der Waals surface area contributed by atoms with Crippen LogP contribution in [0.25, 0.3) is 22.6 Å². The smallest absolute Gasteiger partial charge is 0.182 e. The fourth-order valence-electron chi connectivity index (χ4n) is 4.82. The quantitative estimate of drug-likeness (QED) is 0.426. The summed E-state index contributed by atoms with van der Waals surface area (Å²) >= 11 is 0. The predicted octanol–water partition coefficient (Wildman–Crippen LogP) is 4.70. The molecule has 7 rings (SSSR count). The molecule has 1 aliphatic carbocycles. The van der Waals surface area contributed by atoms with Crippen molar-refractivity contribution in [2.45, 2.75) is 83.9 Å². The van der Waals surface area contributed by atoms with Gasteiger partial charge in [-0.3, -0.25) is 4.68 Å². The minimum absolute atomic E-state index is 0.316. The van der Waals surface area contributed by atoms with Gasteiger partial charge in [-0.05, 0) is 58.8 Å². The minimum Gasteiger partial charge on any atom is -0.373 e. The third-order valence-electron chi connectivity index (χ3n) is 7.12. The lowest BCUT2D eigenvalue weighted by Crippen LogP contribution is -2.10. The summed E-state index contributed by atoms with van der Waals surface area (Å²) in [5.74, 6) is 1.14. The van der Waals surface area contributed by atoms with Crippen LogP contribution in [-0.4, -0.2) is 45.9 Å². The number of ether oxygens (including phenoxy) is 1. The van der Waals surface area contributed by atoms with Gasteiger partial charge >= 0.3 is 0 Å². The Morgan fingerprint density at radius 1 is 0.914 bits per heavy atom. The van der Waals surface area contributed by atoms with E-state index in [4.69, 9.17) is 9.72 Å². The van der Waals surface area contributed by atoms with Crippen LogP contribution in [0.5, 0.6) is 0 Å². The molecule has 1 atom stereocenters. The van der Waals surface area contributed by atoms with Gasteiger partial charge in [-0.1, -0.05) is 0 Å². The first kappa shape index (κ1) is 22.3. The van der Waals surface area contributed by atoms with E-state index in [1.54, 1.807) is 6.33 Å². The third kappa shape index (κ3) is 4.69. The summed E-state index contributed by atoms with van der Waals surface area (Å²) in [7, 11) is 0. The monoisotopic (exact) mass is 472 g/mol. The molecule has 9 heteroatoms. The Labute approximate surface area is 205 Å². The van der Waals surface area contributed by atoms with Crippen molar-refractivity contribution in [1.82, 2.24) is 39.3 Å². The number of hydrogen-bond acceptors (Lipinski definition) is 7. The van der Waals surface area contributed by atoms with Gasteiger partial charge in [-0.2, -0.15) is 5.10 Å². The van der Waals surface area contributed by atoms with Crippen LogP contribution in [0.1, 0.15) is 79.9 Å². The fraction of sp³-hybridized carbons (Fsp3) is 0.538. The third-order valence-corrected chi connectivity index (χ3v) is 7.12. The van der Waals surface area contributed by atoms with Crippen LogP contribution in [0.15, 0.2) is 24.9 Å². The molecular formula is C26H32N8O. The Hall–Kier alpha value is -3.20. The summed E-state index contributed by atoms with van der Waals surface area (Å²) in [6, 6.07) is 0.687. The fourth-order valence-corrected chi connectivity index (χ4v) is 4.82. The van der Waals surface area contributed by atoms with Gasteiger partial charge in [0.2, 0.25) is 0 Å². The molecule has 35 heavy (non-hydrogen) atoms. The molecule has 1 saturated heterocycles. The van der Waals surface area contributed by atoms with Gasteiger partial charge in [-0.15, -0.1) is 0 Å². The largest absolute Gasteiger partial charge is 0.373 e. The molecule has 0 radical (unpaired) electrons. The van der Waals surface area contributed by atoms with E-state index in [0.717, 1.165) is 60.1 Å². The maximum atomic E-state index is 5.72. The number of rotatable bonds is 3. The average Bonchev–Trinajstić information content (AvgIpc) is 3.45. The summed E-state index contributed by atoms with van der Waals surface area (Å²) in [4.78, 5) is 22.5. The van der Waals surface area contributed by atoms with Crippen molar-refractivity contribution in [3.63, 3.8) is 0 Å². The molecule has 0 spiro atoms. The SMILES string of the molecule is Cc1nc2ncnc(-c3cn4c(n3)CCCC4)c2nc1C.c1nn(C2CC2)cc1[C@H]1CCCCO1. The van der Waals surface area contributed by atoms with Crippen molar-refractivity contribution >= 4 is 11.2 Å². The van der Waals surface area contributed by atoms with Crippen molar-refractivity contribution in [2.75, 3.05) is 6.61 Å². The number of imidazole rings is 1. The first-order chi connectivity index (χ1) is 17.2. The maximum Gasteiger partial charge on any atom is 0.182 e. The molecule has 0 amide bonds. The van der Waals surface area contributed by atoms with E-state index in [9.17, 15) is 0 Å². The lowest BCUT2D eigenvalue weighted by atomic mass is 10.0. The first-order valence-corrected chi connectivity index (χ1v) is 12.8. The Morgan fingerprint density at radius 3 is 2.60 bits per heavy atom. The highest BCUT2D eigenvalue weighted by Gasteiger charge is 2.26. The summed E-state index contributed by atoms with van der Waals surface area (Å²) < 4.78 is 10.1. The Kier molecular flexibility index (Phi) is 6.01. The number of aryl methyl sites for hydroxylation is 4. The molecule has 4 aromatic rings. The van der Waals surface area contributed by atoms with E-state index >= 15 is 0 Å². The van der Waals surface area contributed by atoms with E-state index in [-0.39, 0.29) is 0 Å². The van der Waals surface area contributed by atoms with Gasteiger partial charge in [0.05, 0.1) is 29.7 Å². The van der Waals surface area contributed by atoms with Crippen molar-refractivity contribution < 1.29 is 4.74 Å². The van der Waals surface area contributed by atoms with Crippen molar-refractivity contribution in [1.29, 1.82) is 0 Å². The predicted molar refractivity (Wildman–Crippen MR) is 132 cm³/mol. The molecule has 182 valence electrons. The molecule has 0 unspecified atom stereocenters. The van der Waals surface area contributed by atoms with E-state index in [1.165, 1.54) is 44.1 Å². The van der Waals surface area contributed by atoms with Crippen LogP contribution in [0, 0.1) is 13.8 Å². The van der Waals surface area contributed by atoms with Gasteiger partial charge in [0.25, 0.3) is 0 Å². The molecule has 4 aromatic heterocycles. The minimum atomic E-state index is 0.316. The van der Waals surface area contributed by atoms with Crippen LogP contribution in [0.3, 0.4) is 0 Å². The highest BCUT2D eigenvalue weighted by Crippen LogP contribution is 2.36. The highest BCUT2D eigenvalue weighted by atomic mass is 16.5. The number of fused-ring (bicyclic) bond motifs is 2. The first-order valence-electron chi connectivity index (χ1n) is 12.8. The summed E-state index contributed by atoms with van der Waals surface area (Å²) in [6.07, 6.45) is 17.8. The van der Waals surface area contributed by atoms with Crippen LogP contribution in [-0.2, 0) is 17.7 Å². The molecule has 1 saturated carbocycles. The van der Waals surface area contributed by atoms with Crippen molar-refractivity contribution in [3.05, 3.63) is 47.7 Å². The summed E-state index contributed by atoms with van der Waals surface area (Å²) in [5.41, 5.74) is 6.09. The van der Waals surface area contributed by atoms with E-state index in [0.29, 0.717) is 17.8 Å². The number of aromatic nitrogens is 8. The highest BCUT2D eigenvalue weighted by molar-refractivity contribution is 5.85. The van der Waals surface area contributed by atoms with Gasteiger partial charge in [0, 0.05) is 37.5 Å². The maximum absolute atomic E-state index is 5.72. The molecule has 0 aromatic carbocycles. The van der Waals surface area contributed by atoms with Crippen LogP contribution in [0.4, 0.5) is 0 Å². The molecule has 3 aliphatic rings. The van der Waals surface area contributed by atoms with Crippen LogP contribution in [0.2, 0.25) is 0 Å². The normalized spacial score (nSPS) is 19.8. The molecule has 2 fully saturated rings. The number of nitrogens with zero attached hydrogens (tertiary/aromatic N) is 8. The van der Waals surface area contributed by atoms with E-state index in [2.05, 4.69) is 46.7 Å². The average molecular weight is 473 g/mol. The molecule has 2 aliphatic heterocycles. The van der Waals surface area contributed by atoms with Gasteiger partial charge < -0.3 is 9.30 Å². The van der Waals surface area contributed by atoms with Gasteiger partial charge in [-0.25, -0.2) is 24.9 Å². The Morgan fingerprint density at radius 2 is 1.80 bits per heavy atom. The molecule has 0 bridgehead atoms. The second-order valence-electron chi connectivity index (χ2n) is 9.82. The molecule has 6 heterocycles. The Balaban J connectivity index is 0.000000141. The van der Waals surface area contributed by atoms with E-state index in [1.807, 2.05) is 20.0 Å². The van der Waals surface area contributed by atoms with Gasteiger partial charge in [0.15, 0.2) is 5.65 Å². The Bertz CT molecular complexity index is 1310. The lowest BCUT2D eigenvalue weighted by molar-refractivity contribution is 0.0149. The second-order valence-corrected chi connectivity index (χ2v) is 9.82. The standard InChI is InChI=1S/C15H16N6.C11H16N2O/c1-9-10(2)19-15-14(18-9)13(16-8-17-15)11-7-21-6-4-3-5-12(21)20-11;1-2-6-14-11(3-1)9-7-12-13(8-9)10-4-5-10/h7-8H,3-6H2,1-2H3;7-8,10-11H,1-6H2/t;11-/m.1/s1. The van der Waals surface area contributed by atoms with Crippen molar-refractivity contribution in [2.24, 2.45) is 0 Å². The topological polar surface area (TPSA) is 96.4 Å². The van der Waals surface area contributed by atoms with Crippen LogP contribution >= 0.6 is 0 Å². The zero-order valence-corrected chi connectivity index (χ0v) is 20.5. The van der Waals surface area contributed by atoms with E-state index < -0.39 is 0 Å². The van der Waals surface area contributed by atoms with Gasteiger partial charge in [0.1, 0.15) is 29.1 Å². The lowest BCUT2D eigenvalue weighted by Gasteiger charge is -2.21. The molecule has 9 nitrogen and oxygen atoms in total. The summed E-state index contributed by atoms with van der Waals surface area (Å²) in [5, 5.41) is 4.39. The molecule has 0 N–H and O–H groups in total. The molecular weight excluding hydrogens is 440 g/mol. The van der Waals surface area contributed by atoms with Crippen LogP contribution < -0.4 is 0 Å². The van der Waals surface area contributed by atoms with Crippen molar-refractivity contribution in [3.8, 4) is 11.4 Å². The zero-order valence-electron chi connectivity index (χ0n) is 20.5. The summed E-state index contributed by atoms with van der Waals surface area (Å²) in [6.45, 7) is 5.85. The zero-order chi connectivity index (χ0) is 23.8. The second kappa shape index (κ2) is 9.45. The number of hydrogen-bond donors (Lipinski definition) is 0.